The highest BCUT2D eigenvalue weighted by atomic mass is 16.1. The van der Waals surface area contributed by atoms with Gasteiger partial charge in [-0.1, -0.05) is 19.8 Å². The highest BCUT2D eigenvalue weighted by Crippen LogP contribution is 1.98. The minimum atomic E-state index is -0.0492. The second-order valence-electron chi connectivity index (χ2n) is 2.98. The first-order valence-corrected chi connectivity index (χ1v) is 4.30. The fourth-order valence-corrected chi connectivity index (χ4v) is 0.895. The van der Waals surface area contributed by atoms with E-state index in [-0.39, 0.29) is 6.04 Å². The van der Waals surface area contributed by atoms with Crippen molar-refractivity contribution >= 4 is 6.29 Å². The quantitative estimate of drug-likeness (QED) is 0.544. The van der Waals surface area contributed by atoms with Crippen LogP contribution in [-0.4, -0.2) is 30.8 Å². The maximum atomic E-state index is 10.2. The van der Waals surface area contributed by atoms with Crippen LogP contribution in [-0.2, 0) is 4.79 Å². The molecular weight excluding hydrogens is 138 g/mol. The molecule has 0 aliphatic heterocycles. The molecule has 2 nitrogen and oxygen atoms in total. The van der Waals surface area contributed by atoms with Crippen molar-refractivity contribution in [3.63, 3.8) is 0 Å². The van der Waals surface area contributed by atoms with E-state index in [9.17, 15) is 4.79 Å². The average Bonchev–Trinajstić information content (AvgIpc) is 2.03. The number of hydrogen-bond donors (Lipinski definition) is 0. The first kappa shape index (κ1) is 10.6. The lowest BCUT2D eigenvalue weighted by Gasteiger charge is -2.18. The molecule has 0 N–H and O–H groups in total. The Morgan fingerprint density at radius 1 is 1.45 bits per heavy atom. The van der Waals surface area contributed by atoms with Crippen molar-refractivity contribution < 1.29 is 4.79 Å². The number of hydrogen-bond acceptors (Lipinski definition) is 2. The average molecular weight is 156 g/mol. The summed E-state index contributed by atoms with van der Waals surface area (Å²) in [6.07, 6.45) is 5.62. The predicted molar refractivity (Wildman–Crippen MR) is 47.3 cm³/mol. The van der Waals surface area contributed by atoms with E-state index in [1.54, 1.807) is 0 Å². The molecule has 0 spiro atoms. The zero-order valence-corrected chi connectivity index (χ0v) is 7.76. The lowest BCUT2D eigenvalue weighted by Crippen LogP contribution is -2.30. The molecule has 65 valence electrons. The fraction of sp³-hybridized carbons (Fsp3) is 0.889. The zero-order valence-electron chi connectivity index (χ0n) is 7.76. The molecule has 1 radical (unpaired) electrons. The van der Waals surface area contributed by atoms with Crippen LogP contribution >= 0.6 is 0 Å². The summed E-state index contributed by atoms with van der Waals surface area (Å²) in [6.45, 7) is 5.05. The summed E-state index contributed by atoms with van der Waals surface area (Å²) in [7, 11) is 1.96. The van der Waals surface area contributed by atoms with E-state index in [1.165, 1.54) is 19.3 Å². The third-order valence-corrected chi connectivity index (χ3v) is 1.95. The molecule has 0 rings (SSSR count). The largest absolute Gasteiger partial charge is 0.296 e. The molecule has 0 saturated carbocycles. The van der Waals surface area contributed by atoms with Crippen LogP contribution in [0.4, 0.5) is 0 Å². The van der Waals surface area contributed by atoms with Crippen molar-refractivity contribution in [1.82, 2.24) is 4.90 Å². The van der Waals surface area contributed by atoms with Gasteiger partial charge in [-0.3, -0.25) is 9.69 Å². The molecule has 0 heterocycles. The Morgan fingerprint density at radius 2 is 2.09 bits per heavy atom. The van der Waals surface area contributed by atoms with Crippen LogP contribution < -0.4 is 0 Å². The molecule has 0 bridgehead atoms. The topological polar surface area (TPSA) is 20.3 Å². The van der Waals surface area contributed by atoms with Gasteiger partial charge >= 0.3 is 0 Å². The number of unbranched alkanes of at least 4 members (excludes halogenated alkanes) is 2. The van der Waals surface area contributed by atoms with Gasteiger partial charge in [0.15, 0.2) is 0 Å². The normalized spacial score (nSPS) is 13.5. The number of carbonyl (C=O) groups excluding carboxylic acids is 1. The minimum absolute atomic E-state index is 0.0492. The summed E-state index contributed by atoms with van der Waals surface area (Å²) in [5, 5.41) is 0. The van der Waals surface area contributed by atoms with E-state index in [1.807, 2.05) is 25.2 Å². The second kappa shape index (κ2) is 6.35. The Bertz CT molecular complexity index is 104. The van der Waals surface area contributed by atoms with Gasteiger partial charge in [0, 0.05) is 0 Å². The van der Waals surface area contributed by atoms with Crippen molar-refractivity contribution in [3.8, 4) is 0 Å². The van der Waals surface area contributed by atoms with E-state index in [2.05, 4.69) is 6.92 Å². The monoisotopic (exact) mass is 156 g/mol. The highest BCUT2D eigenvalue weighted by molar-refractivity contribution is 5.57. The summed E-state index contributed by atoms with van der Waals surface area (Å²) in [6, 6.07) is -0.0492. The second-order valence-corrected chi connectivity index (χ2v) is 2.98. The van der Waals surface area contributed by atoms with Crippen molar-refractivity contribution in [2.75, 3.05) is 13.6 Å². The molecule has 0 saturated heterocycles. The smallest absolute Gasteiger partial charge is 0.216 e. The Morgan fingerprint density at radius 3 is 2.55 bits per heavy atom. The molecule has 1 atom stereocenters. The SMILES string of the molecule is CCCCCN(C)[C@@H](C)[C]=O. The van der Waals surface area contributed by atoms with E-state index in [0.29, 0.717) is 0 Å². The molecule has 0 fully saturated rings. The van der Waals surface area contributed by atoms with Gasteiger partial charge in [0.25, 0.3) is 0 Å². The van der Waals surface area contributed by atoms with Gasteiger partial charge in [0.05, 0.1) is 6.04 Å². The Labute approximate surface area is 69.6 Å². The van der Waals surface area contributed by atoms with E-state index in [0.717, 1.165) is 6.54 Å². The summed E-state index contributed by atoms with van der Waals surface area (Å²) >= 11 is 0. The summed E-state index contributed by atoms with van der Waals surface area (Å²) in [5.74, 6) is 0. The highest BCUT2D eigenvalue weighted by Gasteiger charge is 2.06. The van der Waals surface area contributed by atoms with Crippen molar-refractivity contribution in [3.05, 3.63) is 0 Å². The maximum absolute atomic E-state index is 10.2. The van der Waals surface area contributed by atoms with Crippen LogP contribution in [0.2, 0.25) is 0 Å². The lowest BCUT2D eigenvalue weighted by molar-refractivity contribution is 0.296. The fourth-order valence-electron chi connectivity index (χ4n) is 0.895. The lowest BCUT2D eigenvalue weighted by atomic mass is 10.2. The zero-order chi connectivity index (χ0) is 8.69. The molecular formula is C9H18NO. The van der Waals surface area contributed by atoms with E-state index >= 15 is 0 Å². The third-order valence-electron chi connectivity index (χ3n) is 1.95. The molecule has 0 aliphatic rings. The molecule has 0 unspecified atom stereocenters. The molecule has 11 heavy (non-hydrogen) atoms. The van der Waals surface area contributed by atoms with Gasteiger partial charge < -0.3 is 0 Å². The first-order valence-electron chi connectivity index (χ1n) is 4.30. The molecule has 0 amide bonds. The van der Waals surface area contributed by atoms with Gasteiger partial charge in [0.2, 0.25) is 6.29 Å². The van der Waals surface area contributed by atoms with Gasteiger partial charge in [-0.25, -0.2) is 0 Å². The number of rotatable bonds is 6. The van der Waals surface area contributed by atoms with Crippen LogP contribution in [0.5, 0.6) is 0 Å². The summed E-state index contributed by atoms with van der Waals surface area (Å²) in [5.41, 5.74) is 0. The molecule has 0 aromatic carbocycles. The van der Waals surface area contributed by atoms with Crippen molar-refractivity contribution in [2.24, 2.45) is 0 Å². The van der Waals surface area contributed by atoms with Crippen LogP contribution in [0.15, 0.2) is 0 Å². The van der Waals surface area contributed by atoms with Gasteiger partial charge in [0.1, 0.15) is 0 Å². The Balaban J connectivity index is 3.35. The number of nitrogens with zero attached hydrogens (tertiary/aromatic N) is 1. The molecule has 2 heteroatoms. The van der Waals surface area contributed by atoms with Crippen LogP contribution in [0.25, 0.3) is 0 Å². The summed E-state index contributed by atoms with van der Waals surface area (Å²) < 4.78 is 0. The van der Waals surface area contributed by atoms with Gasteiger partial charge in [-0.2, -0.15) is 0 Å². The van der Waals surface area contributed by atoms with E-state index in [4.69, 9.17) is 0 Å². The standard InChI is InChI=1S/C9H18NO/c1-4-5-6-7-10(3)9(2)8-11/h9H,4-7H2,1-3H3/t9-/m0/s1. The predicted octanol–water partition coefficient (Wildman–Crippen LogP) is 1.61. The molecule has 0 aromatic heterocycles. The van der Waals surface area contributed by atoms with Crippen molar-refractivity contribution in [2.45, 2.75) is 39.2 Å². The summed E-state index contributed by atoms with van der Waals surface area (Å²) in [4.78, 5) is 12.2. The Kier molecular flexibility index (Phi) is 6.13. The van der Waals surface area contributed by atoms with Gasteiger partial charge in [-0.15, -0.1) is 0 Å². The molecule has 0 aliphatic carbocycles. The number of likely N-dealkylation sites (N-methyl/N-ethyl adjacent to an activating group) is 1. The minimum Gasteiger partial charge on any atom is -0.296 e. The van der Waals surface area contributed by atoms with E-state index < -0.39 is 0 Å². The maximum Gasteiger partial charge on any atom is 0.216 e. The molecule has 0 aromatic rings. The van der Waals surface area contributed by atoms with Gasteiger partial charge in [-0.05, 0) is 26.9 Å². The van der Waals surface area contributed by atoms with Crippen LogP contribution in [0, 0.1) is 0 Å². The van der Waals surface area contributed by atoms with Crippen molar-refractivity contribution in [1.29, 1.82) is 0 Å². The Hall–Kier alpha value is -0.370. The van der Waals surface area contributed by atoms with Crippen LogP contribution in [0.1, 0.15) is 33.1 Å². The first-order chi connectivity index (χ1) is 5.22. The third kappa shape index (κ3) is 4.96. The van der Waals surface area contributed by atoms with Crippen LogP contribution in [0.3, 0.4) is 0 Å².